The second kappa shape index (κ2) is 9.53. The Balaban J connectivity index is 1.23. The van der Waals surface area contributed by atoms with Gasteiger partial charge in [-0.15, -0.1) is 11.8 Å². The van der Waals surface area contributed by atoms with Gasteiger partial charge in [-0.05, 0) is 48.4 Å². The highest BCUT2D eigenvalue weighted by molar-refractivity contribution is 8.00. The molecule has 178 valence electrons. The quantitative estimate of drug-likeness (QED) is 0.420. The third-order valence-corrected chi connectivity index (χ3v) is 8.95. The van der Waals surface area contributed by atoms with Gasteiger partial charge in [-0.1, -0.05) is 55.7 Å². The molecule has 1 amide bonds. The van der Waals surface area contributed by atoms with Crippen LogP contribution in [-0.2, 0) is 19.2 Å². The summed E-state index contributed by atoms with van der Waals surface area (Å²) in [7, 11) is 0. The number of Topliss-reactive ketones (excluding diaryl/α,β-unsaturated/α-hetero) is 1. The Kier molecular flexibility index (Phi) is 6.47. The molecule has 2 aliphatic heterocycles. The fourth-order valence-electron chi connectivity index (χ4n) is 5.52. The van der Waals surface area contributed by atoms with Crippen LogP contribution in [0.4, 0.5) is 4.39 Å². The van der Waals surface area contributed by atoms with Crippen molar-refractivity contribution in [3.8, 4) is 0 Å². The van der Waals surface area contributed by atoms with Crippen molar-refractivity contribution in [1.82, 2.24) is 4.90 Å². The van der Waals surface area contributed by atoms with Crippen LogP contribution in [0.5, 0.6) is 0 Å². The number of nitrogens with zero attached hydrogens (tertiary/aromatic N) is 1. The highest BCUT2D eigenvalue weighted by atomic mass is 32.2. The van der Waals surface area contributed by atoms with Gasteiger partial charge in [0.15, 0.2) is 12.4 Å². The first-order valence-electron chi connectivity index (χ1n) is 12.0. The summed E-state index contributed by atoms with van der Waals surface area (Å²) in [5.41, 5.74) is 2.58. The van der Waals surface area contributed by atoms with E-state index in [4.69, 9.17) is 4.74 Å². The van der Waals surface area contributed by atoms with Crippen LogP contribution in [0.2, 0.25) is 0 Å². The van der Waals surface area contributed by atoms with Crippen molar-refractivity contribution in [1.29, 1.82) is 0 Å². The van der Waals surface area contributed by atoms with Gasteiger partial charge in [0.05, 0.1) is 0 Å². The number of esters is 1. The molecule has 1 saturated carbocycles. The average molecular weight is 482 g/mol. The molecular weight excluding hydrogens is 453 g/mol. The Labute approximate surface area is 203 Å². The molecule has 0 bridgehead atoms. The highest BCUT2D eigenvalue weighted by Crippen LogP contribution is 2.54. The number of hydrogen-bond donors (Lipinski definition) is 0. The molecule has 7 heteroatoms. The van der Waals surface area contributed by atoms with Crippen molar-refractivity contribution in [2.45, 2.75) is 61.8 Å². The Morgan fingerprint density at radius 2 is 1.74 bits per heavy atom. The number of amides is 1. The van der Waals surface area contributed by atoms with Gasteiger partial charge >= 0.3 is 5.97 Å². The minimum Gasteiger partial charge on any atom is -0.456 e. The third kappa shape index (κ3) is 4.26. The molecule has 5 nitrogen and oxygen atoms in total. The third-order valence-electron chi connectivity index (χ3n) is 7.35. The number of halogens is 1. The summed E-state index contributed by atoms with van der Waals surface area (Å²) in [6.07, 6.45) is 7.06. The van der Waals surface area contributed by atoms with E-state index in [-0.39, 0.29) is 24.1 Å². The maximum atomic E-state index is 13.4. The Morgan fingerprint density at radius 1 is 1.03 bits per heavy atom. The molecule has 2 unspecified atom stereocenters. The van der Waals surface area contributed by atoms with Gasteiger partial charge < -0.3 is 9.64 Å². The van der Waals surface area contributed by atoms with E-state index in [9.17, 15) is 18.8 Å². The summed E-state index contributed by atoms with van der Waals surface area (Å²) in [4.78, 5) is 39.2. The minimum atomic E-state index is -0.758. The van der Waals surface area contributed by atoms with E-state index in [1.807, 2.05) is 24.3 Å². The second-order valence-corrected chi connectivity index (χ2v) is 10.7. The number of fused-ring (bicyclic) bond motifs is 1. The number of benzene rings is 2. The van der Waals surface area contributed by atoms with E-state index >= 15 is 0 Å². The fraction of sp³-hybridized carbons (Fsp3) is 0.444. The zero-order valence-electron chi connectivity index (χ0n) is 19.0. The van der Waals surface area contributed by atoms with Crippen LogP contribution < -0.4 is 0 Å². The molecule has 0 spiro atoms. The normalized spacial score (nSPS) is 24.8. The van der Waals surface area contributed by atoms with E-state index in [1.54, 1.807) is 17.0 Å². The molecule has 2 heterocycles. The predicted molar refractivity (Wildman–Crippen MR) is 128 cm³/mol. The molecule has 2 aromatic carbocycles. The zero-order chi connectivity index (χ0) is 23.7. The summed E-state index contributed by atoms with van der Waals surface area (Å²) in [6, 6.07) is 13.0. The Morgan fingerprint density at radius 3 is 2.44 bits per heavy atom. The molecule has 0 N–H and O–H groups in total. The van der Waals surface area contributed by atoms with Crippen molar-refractivity contribution < 1.29 is 23.5 Å². The Hall–Kier alpha value is -2.67. The maximum Gasteiger partial charge on any atom is 0.330 e. The number of ether oxygens (including phenoxy) is 1. The lowest BCUT2D eigenvalue weighted by Crippen LogP contribution is -2.47. The van der Waals surface area contributed by atoms with Crippen LogP contribution in [0.15, 0.2) is 48.5 Å². The van der Waals surface area contributed by atoms with Crippen LogP contribution in [0.1, 0.15) is 72.3 Å². The highest BCUT2D eigenvalue weighted by Gasteiger charge is 2.57. The van der Waals surface area contributed by atoms with E-state index < -0.39 is 16.9 Å². The van der Waals surface area contributed by atoms with Crippen LogP contribution in [-0.4, -0.2) is 41.0 Å². The van der Waals surface area contributed by atoms with E-state index in [0.29, 0.717) is 30.1 Å². The summed E-state index contributed by atoms with van der Waals surface area (Å²) in [5.74, 6) is -0.353. The molecule has 3 fully saturated rings. The van der Waals surface area contributed by atoms with E-state index in [0.717, 1.165) is 5.56 Å². The largest absolute Gasteiger partial charge is 0.456 e. The molecule has 2 aromatic rings. The molecule has 34 heavy (non-hydrogen) atoms. The first kappa shape index (κ1) is 23.1. The smallest absolute Gasteiger partial charge is 0.330 e. The van der Waals surface area contributed by atoms with Crippen LogP contribution in [0.25, 0.3) is 0 Å². The molecule has 3 aliphatic rings. The van der Waals surface area contributed by atoms with E-state index in [2.05, 4.69) is 0 Å². The monoisotopic (exact) mass is 481 g/mol. The first-order chi connectivity index (χ1) is 16.5. The van der Waals surface area contributed by atoms with Gasteiger partial charge in [-0.2, -0.15) is 0 Å². The number of ketones is 1. The summed E-state index contributed by atoms with van der Waals surface area (Å²) in [6.45, 7) is -0.353. The lowest BCUT2D eigenvalue weighted by molar-refractivity contribution is -0.152. The Bertz CT molecular complexity index is 1080. The number of carbonyl (C=O) groups is 3. The van der Waals surface area contributed by atoms with Crippen molar-refractivity contribution >= 4 is 29.4 Å². The number of rotatable bonds is 6. The fourth-order valence-corrected chi connectivity index (χ4v) is 7.16. The van der Waals surface area contributed by atoms with Gasteiger partial charge in [0.25, 0.3) is 0 Å². The second-order valence-electron chi connectivity index (χ2n) is 9.37. The van der Waals surface area contributed by atoms with Crippen LogP contribution in [0.3, 0.4) is 0 Å². The molecule has 0 aromatic heterocycles. The van der Waals surface area contributed by atoms with Gasteiger partial charge in [0.1, 0.15) is 16.7 Å². The van der Waals surface area contributed by atoms with Crippen molar-refractivity contribution in [3.05, 3.63) is 71.0 Å². The number of thioether (sulfide) groups is 1. The van der Waals surface area contributed by atoms with Gasteiger partial charge in [-0.25, -0.2) is 9.18 Å². The molecule has 0 radical (unpaired) electrons. The maximum absolute atomic E-state index is 13.4. The molecule has 2 saturated heterocycles. The molecule has 5 rings (SSSR count). The van der Waals surface area contributed by atoms with Crippen LogP contribution in [0, 0.1) is 5.82 Å². The average Bonchev–Trinajstić information content (AvgIpc) is 3.42. The number of carbonyl (C=O) groups excluding carboxylic acids is 3. The minimum absolute atomic E-state index is 0.124. The predicted octanol–water partition coefficient (Wildman–Crippen LogP) is 5.19. The standard InChI is InChI=1S/C27H28FNO4S/c28-22-12-10-21(11-13-22)27-15-14-25(31)29(27)23(17-34-27)26(32)33-16-24(30)20-8-6-19(7-9-20)18-4-2-1-3-5-18/h6-13,18,23H,1-5,14-17H2. The molecule has 2 atom stereocenters. The van der Waals surface area contributed by atoms with E-state index in [1.165, 1.54) is 61.6 Å². The SMILES string of the molecule is O=C(COC(=O)C1CSC2(c3ccc(F)cc3)CCC(=O)N12)c1ccc(C2CCCCC2)cc1. The topological polar surface area (TPSA) is 63.7 Å². The summed E-state index contributed by atoms with van der Waals surface area (Å²) in [5, 5.41) is 0. The first-order valence-corrected chi connectivity index (χ1v) is 13.0. The number of hydrogen-bond acceptors (Lipinski definition) is 5. The lowest BCUT2D eigenvalue weighted by Gasteiger charge is -2.33. The summed E-state index contributed by atoms with van der Waals surface area (Å²) < 4.78 is 18.8. The molecule has 1 aliphatic carbocycles. The lowest BCUT2D eigenvalue weighted by atomic mass is 9.84. The van der Waals surface area contributed by atoms with Gasteiger partial charge in [0.2, 0.25) is 5.91 Å². The van der Waals surface area contributed by atoms with Crippen molar-refractivity contribution in [3.63, 3.8) is 0 Å². The summed E-state index contributed by atoms with van der Waals surface area (Å²) >= 11 is 1.50. The van der Waals surface area contributed by atoms with Crippen molar-refractivity contribution in [2.24, 2.45) is 0 Å². The van der Waals surface area contributed by atoms with Crippen molar-refractivity contribution in [2.75, 3.05) is 12.4 Å². The van der Waals surface area contributed by atoms with Crippen LogP contribution >= 0.6 is 11.8 Å². The molecular formula is C27H28FNO4S. The van der Waals surface area contributed by atoms with Gasteiger partial charge in [-0.3, -0.25) is 9.59 Å². The zero-order valence-corrected chi connectivity index (χ0v) is 19.8. The van der Waals surface area contributed by atoms with Gasteiger partial charge in [0, 0.05) is 17.7 Å².